The molecule has 2 saturated heterocycles. The molecule has 2 aromatic heterocycles. The highest BCUT2D eigenvalue weighted by Gasteiger charge is 2.32. The Balaban J connectivity index is 0.000000206. The smallest absolute Gasteiger partial charge is 0.292 e. The van der Waals surface area contributed by atoms with E-state index in [9.17, 15) is 41.3 Å². The monoisotopic (exact) mass is 1070 g/mol. The van der Waals surface area contributed by atoms with Crippen LogP contribution in [0, 0.1) is 10.1 Å². The molecule has 6 aromatic rings. The summed E-state index contributed by atoms with van der Waals surface area (Å²) in [6.45, 7) is 1.87. The van der Waals surface area contributed by atoms with Gasteiger partial charge in [0.05, 0.1) is 18.0 Å². The number of carbonyl (C=O) groups excluding carboxylic acids is 3. The molecule has 3 amide bonds. The van der Waals surface area contributed by atoms with Crippen LogP contribution < -0.4 is 27.0 Å². The van der Waals surface area contributed by atoms with E-state index in [0.29, 0.717) is 84.3 Å². The summed E-state index contributed by atoms with van der Waals surface area (Å²) in [7, 11) is -7.27. The summed E-state index contributed by atoms with van der Waals surface area (Å²) < 4.78 is 55.9. The van der Waals surface area contributed by atoms with E-state index in [1.807, 2.05) is 0 Å². The van der Waals surface area contributed by atoms with Crippen LogP contribution in [0.25, 0.3) is 0 Å². The van der Waals surface area contributed by atoms with Crippen molar-refractivity contribution in [3.05, 3.63) is 168 Å². The van der Waals surface area contributed by atoms with E-state index >= 15 is 0 Å². The zero-order chi connectivity index (χ0) is 50.0. The summed E-state index contributed by atoms with van der Waals surface area (Å²) in [5.41, 5.74) is 7.95. The lowest BCUT2D eigenvalue weighted by molar-refractivity contribution is -0.384. The number of carbonyl (C=O) groups is 3. The highest BCUT2D eigenvalue weighted by Crippen LogP contribution is 2.31. The number of benzene rings is 4. The molecular formula is C47H48Cl2N8O9S4. The quantitative estimate of drug-likeness (QED) is 0.0457. The number of primary amides is 1. The molecule has 0 spiro atoms. The molecule has 0 unspecified atom stereocenters. The van der Waals surface area contributed by atoms with Gasteiger partial charge in [0.1, 0.15) is 14.1 Å². The second-order valence-electron chi connectivity index (χ2n) is 16.2. The Morgan fingerprint density at radius 2 is 1.01 bits per heavy atom. The number of amides is 3. The molecule has 17 nitrogen and oxygen atoms in total. The number of hydrogen-bond donors (Lipinski definition) is 5. The van der Waals surface area contributed by atoms with E-state index in [1.165, 1.54) is 14.7 Å². The molecule has 8 rings (SSSR count). The third-order valence-corrected chi connectivity index (χ3v) is 18.8. The van der Waals surface area contributed by atoms with Crippen molar-refractivity contribution in [1.29, 1.82) is 0 Å². The average Bonchev–Trinajstić information content (AvgIpc) is 4.06. The number of sulfonamides is 2. The first kappa shape index (κ1) is 51.9. The predicted molar refractivity (Wildman–Crippen MR) is 273 cm³/mol. The predicted octanol–water partition coefficient (Wildman–Crippen LogP) is 8.20. The zero-order valence-corrected chi connectivity index (χ0v) is 42.0. The molecule has 0 atom stereocenters. The van der Waals surface area contributed by atoms with Gasteiger partial charge in [-0.15, -0.1) is 22.7 Å². The lowest BCUT2D eigenvalue weighted by atomic mass is 10.1. The number of nitrogens with one attached hydrogen (secondary N) is 4. The topological polar surface area (TPSA) is 243 Å². The number of hydrogen-bond acceptors (Lipinski definition) is 13. The van der Waals surface area contributed by atoms with Crippen molar-refractivity contribution in [2.45, 2.75) is 59.3 Å². The molecule has 368 valence electrons. The van der Waals surface area contributed by atoms with Gasteiger partial charge in [-0.25, -0.2) is 16.8 Å². The lowest BCUT2D eigenvalue weighted by Crippen LogP contribution is -2.42. The van der Waals surface area contributed by atoms with Gasteiger partial charge >= 0.3 is 0 Å². The zero-order valence-electron chi connectivity index (χ0n) is 37.3. The minimum absolute atomic E-state index is 0.00294. The first-order valence-corrected chi connectivity index (χ1v) is 27.1. The van der Waals surface area contributed by atoms with Gasteiger partial charge in [0.25, 0.3) is 37.5 Å². The maximum absolute atomic E-state index is 13.1. The molecule has 23 heteroatoms. The largest absolute Gasteiger partial charge is 0.382 e. The van der Waals surface area contributed by atoms with Crippen LogP contribution in [-0.2, 0) is 33.1 Å². The van der Waals surface area contributed by atoms with E-state index < -0.39 is 30.9 Å². The van der Waals surface area contributed by atoms with Gasteiger partial charge in [-0.05, 0) is 129 Å². The number of nitrogens with two attached hydrogens (primary N) is 1. The van der Waals surface area contributed by atoms with Gasteiger partial charge in [0.15, 0.2) is 0 Å². The average molecular weight is 1070 g/mol. The van der Waals surface area contributed by atoms with Crippen LogP contribution in [0.1, 0.15) is 66.5 Å². The summed E-state index contributed by atoms with van der Waals surface area (Å²) in [5, 5.41) is 24.5. The second kappa shape index (κ2) is 23.3. The Hall–Kier alpha value is -5.91. The number of thiophene rings is 2. The van der Waals surface area contributed by atoms with Crippen LogP contribution in [0.15, 0.2) is 130 Å². The highest BCUT2D eigenvalue weighted by molar-refractivity contribution is 7.91. The molecule has 4 heterocycles. The van der Waals surface area contributed by atoms with E-state index in [4.69, 9.17) is 28.9 Å². The molecule has 2 aliphatic heterocycles. The Kier molecular flexibility index (Phi) is 17.3. The molecule has 2 fully saturated rings. The van der Waals surface area contributed by atoms with Crippen LogP contribution in [0.2, 0.25) is 10.0 Å². The van der Waals surface area contributed by atoms with Gasteiger partial charge in [0.2, 0.25) is 5.91 Å². The summed E-state index contributed by atoms with van der Waals surface area (Å²) in [4.78, 5) is 48.0. The number of para-hydroxylation sites is 2. The van der Waals surface area contributed by atoms with Crippen molar-refractivity contribution in [2.75, 3.05) is 36.8 Å². The first-order valence-electron chi connectivity index (χ1n) is 21.9. The third-order valence-electron chi connectivity index (χ3n) is 11.4. The fourth-order valence-electron chi connectivity index (χ4n) is 7.60. The van der Waals surface area contributed by atoms with Crippen LogP contribution >= 0.6 is 45.9 Å². The number of nitro benzene ring substituents is 1. The van der Waals surface area contributed by atoms with Crippen LogP contribution in [0.3, 0.4) is 0 Å². The molecular weight excluding hydrogens is 1020 g/mol. The van der Waals surface area contributed by atoms with E-state index in [0.717, 1.165) is 38.1 Å². The summed E-state index contributed by atoms with van der Waals surface area (Å²) in [5.74, 6) is -0.998. The molecule has 4 aromatic carbocycles. The maximum atomic E-state index is 13.1. The van der Waals surface area contributed by atoms with Crippen molar-refractivity contribution >= 4 is 101 Å². The first-order chi connectivity index (χ1) is 33.5. The lowest BCUT2D eigenvalue weighted by Gasteiger charge is -2.31. The van der Waals surface area contributed by atoms with E-state index in [-0.39, 0.29) is 51.1 Å². The Morgan fingerprint density at radius 1 is 0.600 bits per heavy atom. The fraction of sp³-hybridized carbons (Fsp3) is 0.255. The Labute approximate surface area is 423 Å². The van der Waals surface area contributed by atoms with Crippen LogP contribution in [0.5, 0.6) is 0 Å². The molecule has 0 bridgehead atoms. The molecule has 0 radical (unpaired) electrons. The maximum Gasteiger partial charge on any atom is 0.292 e. The minimum Gasteiger partial charge on any atom is -0.382 e. The van der Waals surface area contributed by atoms with Gasteiger partial charge in [-0.3, -0.25) is 24.5 Å². The number of nitro groups is 1. The summed E-state index contributed by atoms with van der Waals surface area (Å²) >= 11 is 14.0. The number of halogens is 2. The fourth-order valence-corrected chi connectivity index (χ4v) is 13.7. The van der Waals surface area contributed by atoms with Crippen molar-refractivity contribution in [3.63, 3.8) is 0 Å². The van der Waals surface area contributed by atoms with Crippen molar-refractivity contribution in [2.24, 2.45) is 5.73 Å². The summed E-state index contributed by atoms with van der Waals surface area (Å²) in [6.07, 6.45) is 2.37. The second-order valence-corrected chi connectivity index (χ2v) is 23.7. The van der Waals surface area contributed by atoms with Crippen molar-refractivity contribution in [1.82, 2.24) is 19.2 Å². The van der Waals surface area contributed by atoms with Crippen molar-refractivity contribution in [3.8, 4) is 0 Å². The standard InChI is InChI=1S/C24H25ClN4O4S2.C23H23ClN4O5S2/c25-18-5-1-17(2-6-18)24(31)27-15-21-9-10-22(34-21)35(32,33)29-13-11-20(12-14-29)28-19-7-3-16(4-8-19)23(26)30;24-17-7-5-16(6-8-17)23(29)25-15-19-9-10-22(34-19)35(32,33)27-13-11-18(12-14-27)26-20-3-1-2-4-21(20)28(30)31/h1-10,20,28H,11-15H2,(H2,26,30)(H,27,31);1-10,18,26H,11-15H2,(H,25,29). The number of piperidine rings is 2. The number of nitrogens with zero attached hydrogens (tertiary/aromatic N) is 3. The molecule has 70 heavy (non-hydrogen) atoms. The highest BCUT2D eigenvalue weighted by atomic mass is 35.5. The van der Waals surface area contributed by atoms with Gasteiger partial charge < -0.3 is 27.0 Å². The van der Waals surface area contributed by atoms with Gasteiger partial charge in [-0.1, -0.05) is 35.3 Å². The SMILES string of the molecule is NC(=O)c1ccc(NC2CCN(S(=O)(=O)c3ccc(CNC(=O)c4ccc(Cl)cc4)s3)CC2)cc1.O=C(NCc1ccc(S(=O)(=O)N2CCC(Nc3ccccc3[N+](=O)[O-])CC2)s1)c1ccc(Cl)cc1. The summed E-state index contributed by atoms with van der Waals surface area (Å²) in [6, 6.07) is 33.0. The van der Waals surface area contributed by atoms with Crippen molar-refractivity contribution < 1.29 is 36.1 Å². The minimum atomic E-state index is -3.67. The molecule has 0 aliphatic carbocycles. The number of rotatable bonds is 16. The molecule has 2 aliphatic rings. The van der Waals surface area contributed by atoms with Gasteiger partial charge in [-0.2, -0.15) is 8.61 Å². The molecule has 0 saturated carbocycles. The molecule has 6 N–H and O–H groups in total. The van der Waals surface area contributed by atoms with E-state index in [1.54, 1.807) is 115 Å². The van der Waals surface area contributed by atoms with Crippen LogP contribution in [-0.4, -0.2) is 86.4 Å². The normalized spacial score (nSPS) is 15.0. The van der Waals surface area contributed by atoms with E-state index in [2.05, 4.69) is 21.3 Å². The van der Waals surface area contributed by atoms with Gasteiger partial charge in [0, 0.05) is 86.5 Å². The Bertz CT molecular complexity index is 3030. The van der Waals surface area contributed by atoms with Crippen LogP contribution in [0.4, 0.5) is 17.1 Å². The third kappa shape index (κ3) is 13.5. The Morgan fingerprint density at radius 3 is 1.44 bits per heavy atom. The number of anilines is 2.